The van der Waals surface area contributed by atoms with Crippen LogP contribution in [-0.2, 0) is 14.8 Å². The van der Waals surface area contributed by atoms with Gasteiger partial charge in [-0.3, -0.25) is 0 Å². The molecule has 1 aliphatic heterocycles. The van der Waals surface area contributed by atoms with Gasteiger partial charge in [-0.05, 0) is 42.5 Å². The largest absolute Gasteiger partial charge is 0.478 e. The zero-order chi connectivity index (χ0) is 21.3. The molecule has 0 aliphatic carbocycles. The number of hydrogen-bond donors (Lipinski definition) is 1. The predicted molar refractivity (Wildman–Crippen MR) is 113 cm³/mol. The van der Waals surface area contributed by atoms with E-state index in [4.69, 9.17) is 0 Å². The van der Waals surface area contributed by atoms with Crippen LogP contribution in [0.25, 0.3) is 0 Å². The Kier molecular flexibility index (Phi) is 5.96. The van der Waals surface area contributed by atoms with Crippen LogP contribution in [0.1, 0.15) is 55.8 Å². The summed E-state index contributed by atoms with van der Waals surface area (Å²) in [5, 5.41) is 9.80. The lowest BCUT2D eigenvalue weighted by molar-refractivity contribution is -0.133. The summed E-state index contributed by atoms with van der Waals surface area (Å²) in [5.74, 6) is -0.763. The lowest BCUT2D eigenvalue weighted by atomic mass is 9.96. The van der Waals surface area contributed by atoms with Gasteiger partial charge in [0.05, 0.1) is 16.5 Å². The van der Waals surface area contributed by atoms with E-state index in [1.165, 1.54) is 4.31 Å². The number of hydrogen-bond acceptors (Lipinski definition) is 3. The van der Waals surface area contributed by atoms with Gasteiger partial charge in [0, 0.05) is 6.04 Å². The molecule has 0 amide bonds. The SMILES string of the molecule is CC[C@@H]1C=C(C(=O)O)[C@H](c2ccc(C(C)C)cc2)N1S(=O)(=O)c1ccc(C)cc1. The number of benzene rings is 2. The maximum atomic E-state index is 13.5. The lowest BCUT2D eigenvalue weighted by Crippen LogP contribution is -2.38. The van der Waals surface area contributed by atoms with Gasteiger partial charge in [-0.25, -0.2) is 13.2 Å². The first kappa shape index (κ1) is 21.3. The van der Waals surface area contributed by atoms with E-state index < -0.39 is 28.1 Å². The predicted octanol–water partition coefficient (Wildman–Crippen LogP) is 4.65. The Labute approximate surface area is 172 Å². The fraction of sp³-hybridized carbons (Fsp3) is 0.348. The van der Waals surface area contributed by atoms with E-state index in [1.54, 1.807) is 30.3 Å². The number of aliphatic carboxylic acids is 1. The van der Waals surface area contributed by atoms with Gasteiger partial charge in [-0.2, -0.15) is 4.31 Å². The van der Waals surface area contributed by atoms with E-state index in [9.17, 15) is 18.3 Å². The minimum atomic E-state index is -3.89. The van der Waals surface area contributed by atoms with E-state index in [1.807, 2.05) is 38.1 Å². The third kappa shape index (κ3) is 4.00. The highest BCUT2D eigenvalue weighted by molar-refractivity contribution is 7.89. The molecule has 1 aliphatic rings. The fourth-order valence-corrected chi connectivity index (χ4v) is 5.53. The van der Waals surface area contributed by atoms with Crippen molar-refractivity contribution in [2.75, 3.05) is 0 Å². The third-order valence-corrected chi connectivity index (χ3v) is 7.33. The summed E-state index contributed by atoms with van der Waals surface area (Å²) in [4.78, 5) is 12.2. The van der Waals surface area contributed by atoms with Crippen LogP contribution >= 0.6 is 0 Å². The molecule has 0 spiro atoms. The number of aryl methyl sites for hydroxylation is 1. The van der Waals surface area contributed by atoms with Crippen LogP contribution in [0.4, 0.5) is 0 Å². The van der Waals surface area contributed by atoms with Gasteiger partial charge in [0.25, 0.3) is 0 Å². The monoisotopic (exact) mass is 413 g/mol. The van der Waals surface area contributed by atoms with Gasteiger partial charge in [0.1, 0.15) is 0 Å². The van der Waals surface area contributed by atoms with Crippen molar-refractivity contribution in [3.05, 3.63) is 76.9 Å². The van der Waals surface area contributed by atoms with Gasteiger partial charge in [-0.15, -0.1) is 0 Å². The molecule has 0 bridgehead atoms. The summed E-state index contributed by atoms with van der Waals surface area (Å²) in [5.41, 5.74) is 2.84. The van der Waals surface area contributed by atoms with Crippen molar-refractivity contribution in [2.24, 2.45) is 0 Å². The number of rotatable bonds is 6. The Morgan fingerprint density at radius 3 is 2.14 bits per heavy atom. The Morgan fingerprint density at radius 2 is 1.66 bits per heavy atom. The van der Waals surface area contributed by atoms with Crippen LogP contribution < -0.4 is 0 Å². The molecule has 6 heteroatoms. The van der Waals surface area contributed by atoms with E-state index >= 15 is 0 Å². The Hall–Kier alpha value is -2.44. The molecular formula is C23H27NO4S. The highest BCUT2D eigenvalue weighted by atomic mass is 32.2. The maximum absolute atomic E-state index is 13.5. The summed E-state index contributed by atoms with van der Waals surface area (Å²) < 4.78 is 28.4. The maximum Gasteiger partial charge on any atom is 0.333 e. The average Bonchev–Trinajstić information content (AvgIpc) is 3.09. The molecule has 0 saturated carbocycles. The topological polar surface area (TPSA) is 74.7 Å². The Morgan fingerprint density at radius 1 is 1.07 bits per heavy atom. The second kappa shape index (κ2) is 8.13. The summed E-state index contributed by atoms with van der Waals surface area (Å²) in [6.07, 6.45) is 2.07. The highest BCUT2D eigenvalue weighted by Crippen LogP contribution is 2.42. The summed E-state index contributed by atoms with van der Waals surface area (Å²) in [7, 11) is -3.89. The van der Waals surface area contributed by atoms with Crippen LogP contribution in [0.5, 0.6) is 0 Å². The van der Waals surface area contributed by atoms with Gasteiger partial charge in [0.2, 0.25) is 10.0 Å². The molecular weight excluding hydrogens is 386 g/mol. The van der Waals surface area contributed by atoms with E-state index in [0.29, 0.717) is 17.9 Å². The molecule has 5 nitrogen and oxygen atoms in total. The number of carbonyl (C=O) groups is 1. The van der Waals surface area contributed by atoms with Crippen molar-refractivity contribution in [1.29, 1.82) is 0 Å². The third-order valence-electron chi connectivity index (χ3n) is 5.43. The summed E-state index contributed by atoms with van der Waals surface area (Å²) in [6.45, 7) is 7.91. The molecule has 1 heterocycles. The molecule has 0 aromatic heterocycles. The standard InChI is InChI=1S/C23H27NO4S/c1-5-19-14-21(23(25)26)22(18-10-8-17(9-11-18)15(2)3)24(19)29(27,28)20-12-6-16(4)7-13-20/h6-15,19,22H,5H2,1-4H3,(H,25,26)/t19-,22+/m1/s1. The number of sulfonamides is 1. The molecule has 0 fully saturated rings. The van der Waals surface area contributed by atoms with Gasteiger partial charge < -0.3 is 5.11 Å². The molecule has 1 N–H and O–H groups in total. The molecule has 29 heavy (non-hydrogen) atoms. The molecule has 0 saturated heterocycles. The molecule has 3 rings (SSSR count). The second-order valence-corrected chi connectivity index (χ2v) is 9.62. The first-order valence-electron chi connectivity index (χ1n) is 9.81. The van der Waals surface area contributed by atoms with Crippen molar-refractivity contribution in [3.63, 3.8) is 0 Å². The van der Waals surface area contributed by atoms with Crippen LogP contribution in [0, 0.1) is 6.92 Å². The summed E-state index contributed by atoms with van der Waals surface area (Å²) >= 11 is 0. The lowest BCUT2D eigenvalue weighted by Gasteiger charge is -2.30. The van der Waals surface area contributed by atoms with Crippen LogP contribution in [0.2, 0.25) is 0 Å². The Balaban J connectivity index is 2.13. The highest BCUT2D eigenvalue weighted by Gasteiger charge is 2.45. The second-order valence-electron chi connectivity index (χ2n) is 7.77. The number of carboxylic acids is 1. The fourth-order valence-electron chi connectivity index (χ4n) is 3.73. The van der Waals surface area contributed by atoms with E-state index in [2.05, 4.69) is 13.8 Å². The van der Waals surface area contributed by atoms with Crippen LogP contribution in [-0.4, -0.2) is 29.8 Å². The molecule has 2 atom stereocenters. The van der Waals surface area contributed by atoms with Crippen LogP contribution in [0.15, 0.2) is 65.1 Å². The van der Waals surface area contributed by atoms with Crippen molar-refractivity contribution in [1.82, 2.24) is 4.31 Å². The van der Waals surface area contributed by atoms with E-state index in [-0.39, 0.29) is 10.5 Å². The molecule has 0 radical (unpaired) electrons. The minimum Gasteiger partial charge on any atom is -0.478 e. The van der Waals surface area contributed by atoms with Crippen molar-refractivity contribution in [3.8, 4) is 0 Å². The zero-order valence-corrected chi connectivity index (χ0v) is 18.0. The minimum absolute atomic E-state index is 0.102. The zero-order valence-electron chi connectivity index (χ0n) is 17.2. The van der Waals surface area contributed by atoms with Gasteiger partial charge in [-0.1, -0.05) is 68.8 Å². The van der Waals surface area contributed by atoms with Crippen molar-refractivity contribution in [2.45, 2.75) is 57.0 Å². The van der Waals surface area contributed by atoms with E-state index in [0.717, 1.165) is 11.1 Å². The van der Waals surface area contributed by atoms with Gasteiger partial charge in [0.15, 0.2) is 0 Å². The first-order chi connectivity index (χ1) is 13.7. The van der Waals surface area contributed by atoms with Crippen LogP contribution in [0.3, 0.4) is 0 Å². The molecule has 0 unspecified atom stereocenters. The quantitative estimate of drug-likeness (QED) is 0.748. The number of carboxylic acid groups (broad SMARTS) is 1. The molecule has 2 aromatic carbocycles. The molecule has 2 aromatic rings. The first-order valence-corrected chi connectivity index (χ1v) is 11.3. The van der Waals surface area contributed by atoms with Gasteiger partial charge >= 0.3 is 5.97 Å². The number of nitrogens with zero attached hydrogens (tertiary/aromatic N) is 1. The average molecular weight is 414 g/mol. The van der Waals surface area contributed by atoms with Crippen molar-refractivity contribution >= 4 is 16.0 Å². The smallest absolute Gasteiger partial charge is 0.333 e. The normalized spacial score (nSPS) is 20.1. The Bertz CT molecular complexity index is 1020. The van der Waals surface area contributed by atoms with Crippen molar-refractivity contribution < 1.29 is 18.3 Å². The molecule has 154 valence electrons. The summed E-state index contributed by atoms with van der Waals surface area (Å²) in [6, 6.07) is 12.9.